The summed E-state index contributed by atoms with van der Waals surface area (Å²) < 4.78 is 0. The highest BCUT2D eigenvalue weighted by molar-refractivity contribution is 8.03. The van der Waals surface area contributed by atoms with E-state index in [-0.39, 0.29) is 0 Å². The summed E-state index contributed by atoms with van der Waals surface area (Å²) in [6, 6.07) is 0. The molecule has 0 heterocycles. The highest BCUT2D eigenvalue weighted by Gasteiger charge is 1.98. The van der Waals surface area contributed by atoms with E-state index in [2.05, 4.69) is 50.6 Å². The van der Waals surface area contributed by atoms with Gasteiger partial charge in [0, 0.05) is 5.75 Å². The van der Waals surface area contributed by atoms with E-state index in [9.17, 15) is 0 Å². The molecular formula is C19H37NS. The molecule has 0 aromatic rings. The summed E-state index contributed by atoms with van der Waals surface area (Å²) in [6.45, 7) is 14.6. The van der Waals surface area contributed by atoms with E-state index in [4.69, 9.17) is 0 Å². The number of allylic oxidation sites excluding steroid dienone is 5. The summed E-state index contributed by atoms with van der Waals surface area (Å²) in [5, 5.41) is 0. The number of hydrogen-bond donors (Lipinski definition) is 0. The molecule has 0 N–H and O–H groups in total. The van der Waals surface area contributed by atoms with E-state index >= 15 is 0 Å². The first-order chi connectivity index (χ1) is 10.2. The van der Waals surface area contributed by atoms with Gasteiger partial charge < -0.3 is 4.90 Å². The molecule has 21 heavy (non-hydrogen) atoms. The zero-order valence-corrected chi connectivity index (χ0v) is 15.8. The highest BCUT2D eigenvalue weighted by atomic mass is 32.2. The molecule has 1 aliphatic rings. The van der Waals surface area contributed by atoms with Crippen LogP contribution in [0.1, 0.15) is 59.8 Å². The lowest BCUT2D eigenvalue weighted by atomic mass is 10.2. The van der Waals surface area contributed by atoms with Crippen LogP contribution in [0.4, 0.5) is 0 Å². The normalized spacial score (nSPS) is 12.8. The molecule has 0 aromatic carbocycles. The van der Waals surface area contributed by atoms with Gasteiger partial charge in [-0.1, -0.05) is 52.0 Å². The minimum Gasteiger partial charge on any atom is -0.306 e. The van der Waals surface area contributed by atoms with E-state index in [1.165, 1.54) is 49.4 Å². The number of thioether (sulfide) groups is 1. The zero-order chi connectivity index (χ0) is 16.3. The van der Waals surface area contributed by atoms with Crippen molar-refractivity contribution in [3.05, 3.63) is 35.8 Å². The molecule has 0 aromatic heterocycles. The molecule has 0 unspecified atom stereocenters. The monoisotopic (exact) mass is 311 g/mol. The Hall–Kier alpha value is -0.470. The second kappa shape index (κ2) is 19.5. The Kier molecular flexibility index (Phi) is 21.2. The molecule has 0 aliphatic heterocycles. The zero-order valence-electron chi connectivity index (χ0n) is 15.0. The van der Waals surface area contributed by atoms with Gasteiger partial charge in [-0.05, 0) is 57.1 Å². The quantitative estimate of drug-likeness (QED) is 0.382. The van der Waals surface area contributed by atoms with Crippen molar-refractivity contribution in [1.29, 1.82) is 0 Å². The SMILES string of the molecule is C=CCCSC1=CC=CCC1.CC.CCCN(C)CCC. The van der Waals surface area contributed by atoms with Crippen molar-refractivity contribution in [2.45, 2.75) is 59.8 Å². The van der Waals surface area contributed by atoms with E-state index in [0.717, 1.165) is 6.42 Å². The van der Waals surface area contributed by atoms with Gasteiger partial charge in [-0.15, -0.1) is 18.3 Å². The molecule has 0 saturated heterocycles. The van der Waals surface area contributed by atoms with Crippen molar-refractivity contribution in [2.75, 3.05) is 25.9 Å². The molecule has 0 radical (unpaired) electrons. The Bertz CT molecular complexity index is 263. The smallest absolute Gasteiger partial charge is 0.00113 e. The molecule has 0 bridgehead atoms. The molecule has 1 nitrogen and oxygen atoms in total. The van der Waals surface area contributed by atoms with Crippen LogP contribution in [-0.2, 0) is 0 Å². The standard InChI is InChI=1S/C10H14S.C7H17N.C2H6/c1-2-3-9-11-10-7-5-4-6-8-10;1-4-6-8(3)7-5-2;1-2/h2,4-5,7H,1,3,6,8-9H2;4-7H2,1-3H3;1-2H3. The third kappa shape index (κ3) is 17.5. The minimum atomic E-state index is 1.12. The van der Waals surface area contributed by atoms with Gasteiger partial charge in [-0.3, -0.25) is 0 Å². The lowest BCUT2D eigenvalue weighted by molar-refractivity contribution is 0.335. The lowest BCUT2D eigenvalue weighted by Crippen LogP contribution is -2.19. The van der Waals surface area contributed by atoms with Gasteiger partial charge in [0.2, 0.25) is 0 Å². The molecule has 0 atom stereocenters. The highest BCUT2D eigenvalue weighted by Crippen LogP contribution is 2.24. The van der Waals surface area contributed by atoms with E-state index in [1.54, 1.807) is 0 Å². The Morgan fingerprint density at radius 2 is 1.86 bits per heavy atom. The van der Waals surface area contributed by atoms with E-state index in [0.29, 0.717) is 0 Å². The van der Waals surface area contributed by atoms with Gasteiger partial charge in [0.15, 0.2) is 0 Å². The van der Waals surface area contributed by atoms with Crippen LogP contribution in [0.5, 0.6) is 0 Å². The predicted molar refractivity (Wildman–Crippen MR) is 103 cm³/mol. The molecule has 1 aliphatic carbocycles. The van der Waals surface area contributed by atoms with Crippen LogP contribution in [0, 0.1) is 0 Å². The predicted octanol–water partition coefficient (Wildman–Crippen LogP) is 6.29. The van der Waals surface area contributed by atoms with Crippen LogP contribution >= 0.6 is 11.8 Å². The second-order valence-electron chi connectivity index (χ2n) is 4.83. The first kappa shape index (κ1) is 22.8. The molecule has 0 fully saturated rings. The van der Waals surface area contributed by atoms with Crippen LogP contribution in [0.3, 0.4) is 0 Å². The lowest BCUT2D eigenvalue weighted by Gasteiger charge is -2.12. The van der Waals surface area contributed by atoms with Gasteiger partial charge in [0.05, 0.1) is 0 Å². The Morgan fingerprint density at radius 1 is 1.24 bits per heavy atom. The Labute approximate surface area is 138 Å². The van der Waals surface area contributed by atoms with Gasteiger partial charge in [-0.25, -0.2) is 0 Å². The second-order valence-corrected chi connectivity index (χ2v) is 6.05. The first-order valence-electron chi connectivity index (χ1n) is 8.52. The average Bonchev–Trinajstić information content (AvgIpc) is 2.52. The van der Waals surface area contributed by atoms with Crippen molar-refractivity contribution in [2.24, 2.45) is 0 Å². The number of nitrogens with zero attached hydrogens (tertiary/aromatic N) is 1. The number of hydrogen-bond acceptors (Lipinski definition) is 2. The van der Waals surface area contributed by atoms with Crippen LogP contribution in [0.25, 0.3) is 0 Å². The Balaban J connectivity index is 0. The minimum absolute atomic E-state index is 1.12. The summed E-state index contributed by atoms with van der Waals surface area (Å²) in [6.07, 6.45) is 14.7. The van der Waals surface area contributed by atoms with Gasteiger partial charge >= 0.3 is 0 Å². The van der Waals surface area contributed by atoms with Crippen LogP contribution < -0.4 is 0 Å². The molecule has 0 spiro atoms. The average molecular weight is 312 g/mol. The van der Waals surface area contributed by atoms with Crippen molar-refractivity contribution >= 4 is 11.8 Å². The van der Waals surface area contributed by atoms with Crippen LogP contribution in [0.15, 0.2) is 35.8 Å². The van der Waals surface area contributed by atoms with Crippen molar-refractivity contribution in [3.63, 3.8) is 0 Å². The summed E-state index contributed by atoms with van der Waals surface area (Å²) in [5.74, 6) is 1.18. The molecule has 2 heteroatoms. The van der Waals surface area contributed by atoms with Crippen molar-refractivity contribution < 1.29 is 0 Å². The third-order valence-electron chi connectivity index (χ3n) is 2.80. The van der Waals surface area contributed by atoms with Gasteiger partial charge in [-0.2, -0.15) is 0 Å². The molecule has 0 amide bonds. The number of rotatable bonds is 8. The maximum absolute atomic E-state index is 3.70. The van der Waals surface area contributed by atoms with Crippen molar-refractivity contribution in [1.82, 2.24) is 4.90 Å². The summed E-state index contributed by atoms with van der Waals surface area (Å²) in [7, 11) is 2.17. The summed E-state index contributed by atoms with van der Waals surface area (Å²) >= 11 is 1.96. The summed E-state index contributed by atoms with van der Waals surface area (Å²) in [4.78, 5) is 3.88. The first-order valence-corrected chi connectivity index (χ1v) is 9.51. The fourth-order valence-corrected chi connectivity index (χ4v) is 2.83. The molecular weight excluding hydrogens is 274 g/mol. The van der Waals surface area contributed by atoms with Gasteiger partial charge in [0.1, 0.15) is 0 Å². The van der Waals surface area contributed by atoms with Crippen LogP contribution in [-0.4, -0.2) is 30.8 Å². The fourth-order valence-electron chi connectivity index (χ4n) is 1.85. The third-order valence-corrected chi connectivity index (χ3v) is 3.95. The largest absolute Gasteiger partial charge is 0.306 e. The maximum atomic E-state index is 3.70. The Morgan fingerprint density at radius 3 is 2.29 bits per heavy atom. The maximum Gasteiger partial charge on any atom is 0.00113 e. The fraction of sp³-hybridized carbons (Fsp3) is 0.684. The van der Waals surface area contributed by atoms with Crippen molar-refractivity contribution in [3.8, 4) is 0 Å². The molecule has 1 rings (SSSR count). The molecule has 124 valence electrons. The van der Waals surface area contributed by atoms with Crippen LogP contribution in [0.2, 0.25) is 0 Å². The topological polar surface area (TPSA) is 3.24 Å². The van der Waals surface area contributed by atoms with E-state index < -0.39 is 0 Å². The van der Waals surface area contributed by atoms with E-state index in [1.807, 2.05) is 31.7 Å². The van der Waals surface area contributed by atoms with Gasteiger partial charge in [0.25, 0.3) is 0 Å². The summed E-state index contributed by atoms with van der Waals surface area (Å²) in [5.41, 5.74) is 0. The molecule has 0 saturated carbocycles.